The Balaban J connectivity index is 4.38. The van der Waals surface area contributed by atoms with Gasteiger partial charge in [-0.1, -0.05) is 182 Å². The standard InChI is InChI=1S/C51H98O5/c1-9-13-17-21-27-35-45(36-28-22-18-14-10-2)43-55-48(53)50(5,6)41-33-25-31-39-47(52)40-32-26-34-42-51(7,8)49(54)56-44-46(37-29-23-19-15-11-3)38-30-24-20-16-12-4/h45-46H,9-44H2,1-8H3. The zero-order valence-corrected chi connectivity index (χ0v) is 39.2. The number of esters is 2. The third kappa shape index (κ3) is 31.6. The molecular formula is C51H98O5. The minimum Gasteiger partial charge on any atom is -0.465 e. The molecule has 0 unspecified atom stereocenters. The van der Waals surface area contributed by atoms with E-state index in [0.717, 1.165) is 51.4 Å². The van der Waals surface area contributed by atoms with Crippen LogP contribution in [0.5, 0.6) is 0 Å². The van der Waals surface area contributed by atoms with Gasteiger partial charge in [0.25, 0.3) is 0 Å². The van der Waals surface area contributed by atoms with Gasteiger partial charge < -0.3 is 9.47 Å². The molecule has 0 radical (unpaired) electrons. The minimum atomic E-state index is -0.486. The van der Waals surface area contributed by atoms with E-state index < -0.39 is 10.8 Å². The molecule has 0 saturated carbocycles. The maximum Gasteiger partial charge on any atom is 0.311 e. The van der Waals surface area contributed by atoms with E-state index in [4.69, 9.17) is 9.47 Å². The Morgan fingerprint density at radius 1 is 0.375 bits per heavy atom. The highest BCUT2D eigenvalue weighted by molar-refractivity contribution is 5.78. The molecule has 5 heteroatoms. The van der Waals surface area contributed by atoms with Crippen molar-refractivity contribution >= 4 is 17.7 Å². The molecule has 0 fully saturated rings. The Kier molecular flexibility index (Phi) is 35.8. The van der Waals surface area contributed by atoms with Crippen LogP contribution in [0.3, 0.4) is 0 Å². The summed E-state index contributed by atoms with van der Waals surface area (Å²) < 4.78 is 11.9. The maximum atomic E-state index is 13.1. The molecule has 0 heterocycles. The van der Waals surface area contributed by atoms with E-state index in [1.807, 2.05) is 27.7 Å². The van der Waals surface area contributed by atoms with Gasteiger partial charge in [0.2, 0.25) is 0 Å². The monoisotopic (exact) mass is 791 g/mol. The van der Waals surface area contributed by atoms with Crippen LogP contribution in [-0.4, -0.2) is 30.9 Å². The summed E-state index contributed by atoms with van der Waals surface area (Å²) in [5.41, 5.74) is -0.971. The van der Waals surface area contributed by atoms with Gasteiger partial charge in [0.05, 0.1) is 24.0 Å². The first kappa shape index (κ1) is 54.6. The number of hydrogen-bond acceptors (Lipinski definition) is 5. The fourth-order valence-corrected chi connectivity index (χ4v) is 8.01. The molecule has 0 aliphatic carbocycles. The van der Waals surface area contributed by atoms with Gasteiger partial charge >= 0.3 is 11.9 Å². The topological polar surface area (TPSA) is 69.7 Å². The van der Waals surface area contributed by atoms with E-state index >= 15 is 0 Å². The van der Waals surface area contributed by atoms with Crippen LogP contribution in [0, 0.1) is 22.7 Å². The molecular weight excluding hydrogens is 693 g/mol. The second-order valence-electron chi connectivity index (χ2n) is 19.2. The van der Waals surface area contributed by atoms with Gasteiger partial charge in [-0.2, -0.15) is 0 Å². The lowest BCUT2D eigenvalue weighted by atomic mass is 9.86. The van der Waals surface area contributed by atoms with E-state index in [9.17, 15) is 14.4 Å². The third-order valence-corrected chi connectivity index (χ3v) is 12.4. The molecule has 0 aliphatic heterocycles. The van der Waals surface area contributed by atoms with Crippen molar-refractivity contribution in [3.8, 4) is 0 Å². The van der Waals surface area contributed by atoms with Crippen LogP contribution in [-0.2, 0) is 23.9 Å². The van der Waals surface area contributed by atoms with Crippen LogP contribution in [0.1, 0.15) is 274 Å². The second-order valence-corrected chi connectivity index (χ2v) is 19.2. The highest BCUT2D eigenvalue weighted by Crippen LogP contribution is 2.29. The summed E-state index contributed by atoms with van der Waals surface area (Å²) in [6, 6.07) is 0. The Hall–Kier alpha value is -1.39. The molecule has 0 N–H and O–H groups in total. The van der Waals surface area contributed by atoms with Crippen molar-refractivity contribution in [2.45, 2.75) is 274 Å². The average molecular weight is 791 g/mol. The Bertz CT molecular complexity index is 823. The number of hydrogen-bond donors (Lipinski definition) is 0. The highest BCUT2D eigenvalue weighted by Gasteiger charge is 2.30. The number of ketones is 1. The van der Waals surface area contributed by atoms with Crippen LogP contribution in [0.15, 0.2) is 0 Å². The molecule has 5 nitrogen and oxygen atoms in total. The molecule has 0 aromatic rings. The maximum absolute atomic E-state index is 13.1. The molecule has 0 spiro atoms. The summed E-state index contributed by atoms with van der Waals surface area (Å²) >= 11 is 0. The normalized spacial score (nSPS) is 12.2. The third-order valence-electron chi connectivity index (χ3n) is 12.4. The molecule has 0 bridgehead atoms. The predicted molar refractivity (Wildman–Crippen MR) is 241 cm³/mol. The smallest absolute Gasteiger partial charge is 0.311 e. The Morgan fingerprint density at radius 2 is 0.643 bits per heavy atom. The molecule has 0 saturated heterocycles. The highest BCUT2D eigenvalue weighted by atomic mass is 16.5. The van der Waals surface area contributed by atoms with E-state index in [2.05, 4.69) is 27.7 Å². The van der Waals surface area contributed by atoms with Gasteiger partial charge in [0, 0.05) is 12.8 Å². The molecule has 0 aliphatic rings. The van der Waals surface area contributed by atoms with Crippen molar-refractivity contribution in [2.24, 2.45) is 22.7 Å². The molecule has 0 rings (SSSR count). The zero-order valence-electron chi connectivity index (χ0n) is 39.2. The first-order chi connectivity index (χ1) is 26.9. The largest absolute Gasteiger partial charge is 0.465 e. The van der Waals surface area contributed by atoms with Gasteiger partial charge in [-0.3, -0.25) is 14.4 Å². The SMILES string of the molecule is CCCCCCCC(CCCCCCC)COC(=O)C(C)(C)CCCCCC(=O)CCCCCC(C)(C)C(=O)OCC(CCCCCCC)CCCCCCC. The number of Topliss-reactive ketones (excluding diaryl/α,β-unsaturated/α-hetero) is 1. The zero-order chi connectivity index (χ0) is 41.8. The van der Waals surface area contributed by atoms with E-state index in [1.54, 1.807) is 0 Å². The van der Waals surface area contributed by atoms with Crippen LogP contribution in [0.4, 0.5) is 0 Å². The van der Waals surface area contributed by atoms with Gasteiger partial charge in [-0.25, -0.2) is 0 Å². The molecule has 332 valence electrons. The van der Waals surface area contributed by atoms with E-state index in [1.165, 1.54) is 154 Å². The van der Waals surface area contributed by atoms with Gasteiger partial charge in [0.15, 0.2) is 0 Å². The molecule has 0 amide bonds. The van der Waals surface area contributed by atoms with Crippen molar-refractivity contribution in [3.63, 3.8) is 0 Å². The number of rotatable bonds is 42. The second kappa shape index (κ2) is 36.7. The van der Waals surface area contributed by atoms with Gasteiger partial charge in [-0.15, -0.1) is 0 Å². The van der Waals surface area contributed by atoms with Crippen molar-refractivity contribution in [2.75, 3.05) is 13.2 Å². The lowest BCUT2D eigenvalue weighted by Crippen LogP contribution is -2.28. The van der Waals surface area contributed by atoms with Crippen LogP contribution in [0.2, 0.25) is 0 Å². The molecule has 0 aromatic heterocycles. The first-order valence-electron chi connectivity index (χ1n) is 24.8. The van der Waals surface area contributed by atoms with Crippen LogP contribution >= 0.6 is 0 Å². The van der Waals surface area contributed by atoms with Crippen LogP contribution in [0.25, 0.3) is 0 Å². The van der Waals surface area contributed by atoms with Crippen molar-refractivity contribution in [1.82, 2.24) is 0 Å². The van der Waals surface area contributed by atoms with Crippen molar-refractivity contribution in [1.29, 1.82) is 0 Å². The number of carbonyl (C=O) groups excluding carboxylic acids is 3. The predicted octanol–water partition coefficient (Wildman–Crippen LogP) is 16.3. The number of carbonyl (C=O) groups is 3. The molecule has 0 atom stereocenters. The van der Waals surface area contributed by atoms with E-state index in [0.29, 0.717) is 43.7 Å². The summed E-state index contributed by atoms with van der Waals surface area (Å²) in [6.07, 6.45) is 38.9. The summed E-state index contributed by atoms with van der Waals surface area (Å²) in [6.45, 7) is 18.3. The summed E-state index contributed by atoms with van der Waals surface area (Å²) in [4.78, 5) is 38.9. The number of unbranched alkanes of at least 4 members (excludes halogenated alkanes) is 20. The Labute approximate surface area is 350 Å². The fourth-order valence-electron chi connectivity index (χ4n) is 8.01. The Morgan fingerprint density at radius 3 is 0.929 bits per heavy atom. The van der Waals surface area contributed by atoms with Crippen molar-refractivity contribution < 1.29 is 23.9 Å². The summed E-state index contributed by atoms with van der Waals surface area (Å²) in [7, 11) is 0. The lowest BCUT2D eigenvalue weighted by molar-refractivity contribution is -0.156. The lowest BCUT2D eigenvalue weighted by Gasteiger charge is -2.25. The van der Waals surface area contributed by atoms with Gasteiger partial charge in [0.1, 0.15) is 5.78 Å². The minimum absolute atomic E-state index is 0.0579. The summed E-state index contributed by atoms with van der Waals surface area (Å²) in [5.74, 6) is 1.20. The summed E-state index contributed by atoms with van der Waals surface area (Å²) in [5, 5.41) is 0. The molecule has 56 heavy (non-hydrogen) atoms. The van der Waals surface area contributed by atoms with E-state index in [-0.39, 0.29) is 11.9 Å². The van der Waals surface area contributed by atoms with Crippen molar-refractivity contribution in [3.05, 3.63) is 0 Å². The number of ether oxygens (including phenoxy) is 2. The fraction of sp³-hybridized carbons (Fsp3) is 0.941. The first-order valence-corrected chi connectivity index (χ1v) is 24.8. The quantitative estimate of drug-likeness (QED) is 0.0455. The van der Waals surface area contributed by atoms with Gasteiger partial charge in [-0.05, 0) is 90.9 Å². The molecule has 0 aromatic carbocycles. The average Bonchev–Trinajstić information content (AvgIpc) is 3.17. The van der Waals surface area contributed by atoms with Crippen LogP contribution < -0.4 is 0 Å².